The highest BCUT2D eigenvalue weighted by Crippen LogP contribution is 2.71. The Labute approximate surface area is 171 Å². The monoisotopic (exact) mass is 402 g/mol. The summed E-state index contributed by atoms with van der Waals surface area (Å²) in [7, 11) is -1.65. The van der Waals surface area contributed by atoms with Gasteiger partial charge in [-0.25, -0.2) is 9.78 Å². The Morgan fingerprint density at radius 3 is 2.54 bits per heavy atom. The maximum Gasteiger partial charge on any atom is 0.0990 e. The van der Waals surface area contributed by atoms with Crippen molar-refractivity contribution in [1.82, 2.24) is 0 Å². The minimum atomic E-state index is -1.65. The van der Waals surface area contributed by atoms with Gasteiger partial charge in [0.05, 0.1) is 18.8 Å². The van der Waals surface area contributed by atoms with Crippen LogP contribution in [0.25, 0.3) is 0 Å². The van der Waals surface area contributed by atoms with Crippen LogP contribution in [0.1, 0.15) is 52.9 Å². The van der Waals surface area contributed by atoms with E-state index in [1.54, 1.807) is 0 Å². The van der Waals surface area contributed by atoms with E-state index in [-0.39, 0.29) is 17.0 Å². The van der Waals surface area contributed by atoms with Crippen LogP contribution in [0.2, 0.25) is 0 Å². The first kappa shape index (κ1) is 21.4. The molecule has 1 fully saturated rings. The van der Waals surface area contributed by atoms with Crippen LogP contribution in [0, 0.1) is 0 Å². The van der Waals surface area contributed by atoms with Crippen LogP contribution in [0.4, 0.5) is 0 Å². The first-order valence-corrected chi connectivity index (χ1v) is 11.9. The van der Waals surface area contributed by atoms with Crippen molar-refractivity contribution in [2.45, 2.75) is 74.7 Å². The van der Waals surface area contributed by atoms with Gasteiger partial charge in [0.15, 0.2) is 0 Å². The first-order valence-electron chi connectivity index (χ1n) is 10.3. The molecule has 1 aromatic rings. The molecular weight excluding hydrogens is 368 g/mol. The third kappa shape index (κ3) is 4.62. The molecule has 1 aliphatic carbocycles. The molecule has 0 aromatic heterocycles. The number of hydrogen-bond acceptors (Lipinski definition) is 3. The van der Waals surface area contributed by atoms with E-state index in [4.69, 9.17) is 14.0 Å². The van der Waals surface area contributed by atoms with Crippen molar-refractivity contribution in [3.8, 4) is 0 Å². The zero-order valence-corrected chi connectivity index (χ0v) is 18.3. The van der Waals surface area contributed by atoms with Crippen molar-refractivity contribution in [3.63, 3.8) is 0 Å². The van der Waals surface area contributed by atoms with Gasteiger partial charge < -0.3 is 4.18 Å². The van der Waals surface area contributed by atoms with Crippen LogP contribution in [0.3, 0.4) is 0 Å². The van der Waals surface area contributed by atoms with Gasteiger partial charge in [-0.3, -0.25) is 0 Å². The highest BCUT2D eigenvalue weighted by atomic mass is 32.3. The maximum absolute atomic E-state index is 6.88. The smallest absolute Gasteiger partial charge is 0.0990 e. The van der Waals surface area contributed by atoms with E-state index in [0.717, 1.165) is 32.1 Å². The van der Waals surface area contributed by atoms with E-state index in [2.05, 4.69) is 75.9 Å². The van der Waals surface area contributed by atoms with Crippen molar-refractivity contribution < 1.29 is 14.0 Å². The SMILES string of the molecule is C=CCC1CC(CCOS(C2=CCCC=C2)(c2ccccc2)C(C)(C)C)OO1. The second kappa shape index (κ2) is 9.45. The van der Waals surface area contributed by atoms with Crippen molar-refractivity contribution in [1.29, 1.82) is 0 Å². The highest BCUT2D eigenvalue weighted by molar-refractivity contribution is 8.34. The van der Waals surface area contributed by atoms with Gasteiger partial charge in [-0.1, -0.05) is 52.8 Å². The summed E-state index contributed by atoms with van der Waals surface area (Å²) in [6.07, 6.45) is 13.8. The average molecular weight is 403 g/mol. The molecule has 1 saturated heterocycles. The molecule has 0 saturated carbocycles. The normalized spacial score (nSPS) is 25.8. The van der Waals surface area contributed by atoms with Crippen LogP contribution in [-0.4, -0.2) is 23.6 Å². The summed E-state index contributed by atoms with van der Waals surface area (Å²) >= 11 is 0. The second-order valence-electron chi connectivity index (χ2n) is 8.38. The van der Waals surface area contributed by atoms with Gasteiger partial charge >= 0.3 is 0 Å². The van der Waals surface area contributed by atoms with Crippen molar-refractivity contribution in [2.24, 2.45) is 0 Å². The molecule has 3 unspecified atom stereocenters. The van der Waals surface area contributed by atoms with E-state index in [1.165, 1.54) is 9.80 Å². The van der Waals surface area contributed by atoms with Gasteiger partial charge in [-0.15, -0.1) is 6.58 Å². The molecule has 0 spiro atoms. The Balaban J connectivity index is 1.81. The minimum absolute atomic E-state index is 0.0275. The molecule has 1 heterocycles. The zero-order chi connectivity index (χ0) is 20.0. The lowest BCUT2D eigenvalue weighted by atomic mass is 10.1. The molecule has 1 aromatic carbocycles. The molecule has 1 aliphatic heterocycles. The fourth-order valence-corrected chi connectivity index (χ4v) is 7.73. The molecule has 3 nitrogen and oxygen atoms in total. The zero-order valence-electron chi connectivity index (χ0n) is 17.4. The summed E-state index contributed by atoms with van der Waals surface area (Å²) in [5.74, 6) is 0. The second-order valence-corrected chi connectivity index (χ2v) is 11.9. The minimum Gasteiger partial charge on any atom is -0.327 e. The Hall–Kier alpha value is -1.33. The summed E-state index contributed by atoms with van der Waals surface area (Å²) in [4.78, 5) is 13.6. The first-order chi connectivity index (χ1) is 13.5. The summed E-state index contributed by atoms with van der Waals surface area (Å²) in [6.45, 7) is 11.3. The van der Waals surface area contributed by atoms with Crippen molar-refractivity contribution in [3.05, 3.63) is 66.1 Å². The van der Waals surface area contributed by atoms with Crippen LogP contribution in [0.5, 0.6) is 0 Å². The van der Waals surface area contributed by atoms with Crippen LogP contribution < -0.4 is 0 Å². The van der Waals surface area contributed by atoms with Gasteiger partial charge in [0, 0.05) is 27.4 Å². The molecule has 3 rings (SSSR count). The van der Waals surface area contributed by atoms with Gasteiger partial charge in [-0.05, 0) is 52.2 Å². The van der Waals surface area contributed by atoms with Crippen LogP contribution >= 0.6 is 10.3 Å². The lowest BCUT2D eigenvalue weighted by Crippen LogP contribution is -2.29. The lowest BCUT2D eigenvalue weighted by Gasteiger charge is -2.51. The fourth-order valence-electron chi connectivity index (χ4n) is 3.89. The Morgan fingerprint density at radius 1 is 1.14 bits per heavy atom. The number of allylic oxidation sites excluding steroid dienone is 3. The molecule has 2 aliphatic rings. The predicted octanol–water partition coefficient (Wildman–Crippen LogP) is 6.87. The summed E-state index contributed by atoms with van der Waals surface area (Å²) in [5.41, 5.74) is 0. The van der Waals surface area contributed by atoms with Gasteiger partial charge in [0.25, 0.3) is 0 Å². The lowest BCUT2D eigenvalue weighted by molar-refractivity contribution is -0.296. The topological polar surface area (TPSA) is 27.7 Å². The van der Waals surface area contributed by atoms with Gasteiger partial charge in [0.2, 0.25) is 0 Å². The van der Waals surface area contributed by atoms with Crippen molar-refractivity contribution in [2.75, 3.05) is 6.61 Å². The molecule has 154 valence electrons. The Morgan fingerprint density at radius 2 is 1.89 bits per heavy atom. The number of hydrogen-bond donors (Lipinski definition) is 0. The predicted molar refractivity (Wildman–Crippen MR) is 118 cm³/mol. The average Bonchev–Trinajstić information content (AvgIpc) is 3.13. The maximum atomic E-state index is 6.88. The largest absolute Gasteiger partial charge is 0.327 e. The molecule has 28 heavy (non-hydrogen) atoms. The third-order valence-corrected chi connectivity index (χ3v) is 9.36. The molecule has 0 bridgehead atoms. The summed E-state index contributed by atoms with van der Waals surface area (Å²) in [5, 5.41) is 0. The molecule has 0 amide bonds. The van der Waals surface area contributed by atoms with Crippen LogP contribution in [0.15, 0.2) is 71.0 Å². The molecular formula is C24H34O3S. The molecule has 3 atom stereocenters. The standard InChI is InChI=1S/C24H34O3S/c1-5-12-20-19-21(27-26-20)17-18-25-28(24(2,3)4,22-13-8-6-9-14-22)23-15-10-7-11-16-23/h5-6,8-10,13-16,20-21H,1,7,11-12,17-19H2,2-4H3. The van der Waals surface area contributed by atoms with E-state index in [9.17, 15) is 0 Å². The third-order valence-electron chi connectivity index (χ3n) is 5.21. The number of rotatable bonds is 8. The van der Waals surface area contributed by atoms with Crippen LogP contribution in [-0.2, 0) is 14.0 Å². The Kier molecular flexibility index (Phi) is 7.21. The molecule has 4 heteroatoms. The quantitative estimate of drug-likeness (QED) is 0.351. The summed E-state index contributed by atoms with van der Waals surface area (Å²) in [6, 6.07) is 10.8. The van der Waals surface area contributed by atoms with E-state index >= 15 is 0 Å². The molecule has 0 N–H and O–H groups in total. The fraction of sp³-hybridized carbons (Fsp3) is 0.500. The number of benzene rings is 1. The van der Waals surface area contributed by atoms with E-state index in [1.807, 2.05) is 6.08 Å². The van der Waals surface area contributed by atoms with Crippen molar-refractivity contribution >= 4 is 10.3 Å². The molecule has 0 radical (unpaired) electrons. The van der Waals surface area contributed by atoms with E-state index in [0.29, 0.717) is 6.61 Å². The highest BCUT2D eigenvalue weighted by Gasteiger charge is 2.42. The van der Waals surface area contributed by atoms with E-state index < -0.39 is 10.3 Å². The van der Waals surface area contributed by atoms with Gasteiger partial charge in [-0.2, -0.15) is 0 Å². The summed E-state index contributed by atoms with van der Waals surface area (Å²) < 4.78 is 6.86. The van der Waals surface area contributed by atoms with Gasteiger partial charge in [0.1, 0.15) is 0 Å². The Bertz CT molecular complexity index is 704.